The molecule has 65 heavy (non-hydrogen) atoms. The quantitative estimate of drug-likeness (QED) is 0.166. The van der Waals surface area contributed by atoms with E-state index in [-0.39, 0.29) is 0 Å². The molecule has 0 spiro atoms. The highest BCUT2D eigenvalue weighted by atomic mass is 16.3. The van der Waals surface area contributed by atoms with Gasteiger partial charge in [0, 0.05) is 5.39 Å². The summed E-state index contributed by atoms with van der Waals surface area (Å²) in [5, 5.41) is 16.3. The van der Waals surface area contributed by atoms with Gasteiger partial charge in [-0.15, -0.1) is 0 Å². The molecular weight excluding hydrogens is 789 g/mol. The van der Waals surface area contributed by atoms with Gasteiger partial charge in [-0.25, -0.2) is 9.97 Å². The zero-order chi connectivity index (χ0) is 42.6. The Bertz CT molecular complexity index is 4240. The molecule has 0 fully saturated rings. The van der Waals surface area contributed by atoms with Crippen LogP contribution in [0.5, 0.6) is 0 Å². The molecule has 0 unspecified atom stereocenters. The van der Waals surface area contributed by atoms with Crippen LogP contribution < -0.4 is 0 Å². The normalized spacial score (nSPS) is 12.0. The van der Waals surface area contributed by atoms with Crippen molar-refractivity contribution in [1.82, 2.24) is 9.97 Å². The van der Waals surface area contributed by atoms with Crippen LogP contribution in [0, 0.1) is 0 Å². The molecule has 3 heteroatoms. The molecule has 14 aromatic rings. The first kappa shape index (κ1) is 35.9. The average Bonchev–Trinajstić information content (AvgIpc) is 3.74. The molecule has 2 heterocycles. The van der Waals surface area contributed by atoms with Gasteiger partial charge in [0.05, 0.1) is 11.0 Å². The van der Waals surface area contributed by atoms with Gasteiger partial charge in [-0.3, -0.25) is 0 Å². The summed E-state index contributed by atoms with van der Waals surface area (Å²) in [4.78, 5) is 10.2. The van der Waals surface area contributed by atoms with Gasteiger partial charge in [0.25, 0.3) is 0 Å². The summed E-state index contributed by atoms with van der Waals surface area (Å²) in [6, 6.07) is 79.1. The molecule has 0 aliphatic heterocycles. The molecular formula is C62H36N2O. The molecule has 2 aromatic heterocycles. The van der Waals surface area contributed by atoms with E-state index in [2.05, 4.69) is 212 Å². The van der Waals surface area contributed by atoms with Gasteiger partial charge in [0.1, 0.15) is 11.1 Å². The molecule has 14 rings (SSSR count). The molecule has 0 amide bonds. The Hall–Kier alpha value is -8.66. The maximum Gasteiger partial charge on any atom is 0.246 e. The van der Waals surface area contributed by atoms with Crippen molar-refractivity contribution in [2.24, 2.45) is 0 Å². The van der Waals surface area contributed by atoms with E-state index in [1.807, 2.05) is 6.07 Å². The van der Waals surface area contributed by atoms with Crippen molar-refractivity contribution in [3.05, 3.63) is 218 Å². The fourth-order valence-corrected chi connectivity index (χ4v) is 10.5. The highest BCUT2D eigenvalue weighted by Crippen LogP contribution is 2.41. The van der Waals surface area contributed by atoms with Gasteiger partial charge in [-0.05, 0) is 158 Å². The number of nitrogens with zero attached hydrogens (tertiary/aromatic N) is 2. The van der Waals surface area contributed by atoms with Gasteiger partial charge in [0.2, 0.25) is 5.71 Å². The SMILES string of the molecule is c1cc(-c2ccc3nc4oc5ccc(-c6cccc(-c7ccc8c9ccccc9c9ccccc9c8c7)c6)cc5c4nc3c2)cc(-c2ccc3c4ccccc4c4ccccc4c3c2)c1. The molecule has 0 bridgehead atoms. The van der Waals surface area contributed by atoms with Crippen molar-refractivity contribution in [2.75, 3.05) is 0 Å². The Morgan fingerprint density at radius 3 is 1.05 bits per heavy atom. The number of aromatic nitrogens is 2. The third-order valence-corrected chi connectivity index (χ3v) is 13.6. The van der Waals surface area contributed by atoms with Crippen LogP contribution in [-0.2, 0) is 0 Å². The van der Waals surface area contributed by atoms with Crippen LogP contribution in [0.25, 0.3) is 142 Å². The van der Waals surface area contributed by atoms with Crippen molar-refractivity contribution in [2.45, 2.75) is 0 Å². The first-order valence-corrected chi connectivity index (χ1v) is 22.2. The van der Waals surface area contributed by atoms with E-state index in [0.717, 1.165) is 49.8 Å². The number of benzene rings is 12. The third kappa shape index (κ3) is 5.62. The van der Waals surface area contributed by atoms with E-state index in [4.69, 9.17) is 14.4 Å². The minimum atomic E-state index is 0.542. The van der Waals surface area contributed by atoms with Crippen molar-refractivity contribution in [3.8, 4) is 44.5 Å². The van der Waals surface area contributed by atoms with Crippen LogP contribution in [0.15, 0.2) is 223 Å². The van der Waals surface area contributed by atoms with Crippen molar-refractivity contribution >= 4 is 97.9 Å². The monoisotopic (exact) mass is 824 g/mol. The predicted octanol–water partition coefficient (Wildman–Crippen LogP) is 17.1. The average molecular weight is 825 g/mol. The van der Waals surface area contributed by atoms with E-state index >= 15 is 0 Å². The molecule has 12 aromatic carbocycles. The molecule has 0 aliphatic rings. The number of rotatable bonds is 4. The van der Waals surface area contributed by atoms with Gasteiger partial charge in [-0.1, -0.05) is 170 Å². The molecule has 3 nitrogen and oxygen atoms in total. The Labute approximate surface area is 373 Å². The number of fused-ring (bicyclic) bond motifs is 16. The van der Waals surface area contributed by atoms with Crippen molar-refractivity contribution < 1.29 is 4.42 Å². The summed E-state index contributed by atoms with van der Waals surface area (Å²) >= 11 is 0. The standard InChI is InChI=1S/C62H36N2O/c1-3-19-49-45(15-1)47-17-5-7-21-51(47)55-33-41(23-27-53(49)55)37-11-9-13-39(31-37)43-26-30-60-57(35-43)61-62(65-60)64-58-29-25-44(36-59(58)63-61)40-14-10-12-38(32-40)42-24-28-54-50-20-4-2-16-46(50)48-18-6-8-22-52(48)56(54)34-42/h1-36H. The lowest BCUT2D eigenvalue weighted by atomic mass is 9.91. The number of hydrogen-bond donors (Lipinski definition) is 0. The zero-order valence-electron chi connectivity index (χ0n) is 35.1. The second-order valence-electron chi connectivity index (χ2n) is 17.3. The molecule has 0 saturated heterocycles. The summed E-state index contributed by atoms with van der Waals surface area (Å²) in [5.74, 6) is 0. The second-order valence-corrected chi connectivity index (χ2v) is 17.3. The lowest BCUT2D eigenvalue weighted by Gasteiger charge is -2.12. The first-order valence-electron chi connectivity index (χ1n) is 22.2. The highest BCUT2D eigenvalue weighted by molar-refractivity contribution is 6.27. The molecule has 0 aliphatic carbocycles. The minimum Gasteiger partial charge on any atom is -0.436 e. The van der Waals surface area contributed by atoms with Gasteiger partial charge >= 0.3 is 0 Å². The van der Waals surface area contributed by atoms with E-state index < -0.39 is 0 Å². The Morgan fingerprint density at radius 2 is 0.585 bits per heavy atom. The third-order valence-electron chi connectivity index (χ3n) is 13.6. The fraction of sp³-hybridized carbons (Fsp3) is 0. The van der Waals surface area contributed by atoms with Gasteiger partial charge < -0.3 is 4.42 Å². The predicted molar refractivity (Wildman–Crippen MR) is 274 cm³/mol. The smallest absolute Gasteiger partial charge is 0.246 e. The van der Waals surface area contributed by atoms with Crippen LogP contribution in [-0.4, -0.2) is 9.97 Å². The minimum absolute atomic E-state index is 0.542. The van der Waals surface area contributed by atoms with E-state index in [0.29, 0.717) is 5.71 Å². The highest BCUT2D eigenvalue weighted by Gasteiger charge is 2.16. The van der Waals surface area contributed by atoms with Crippen LogP contribution >= 0.6 is 0 Å². The lowest BCUT2D eigenvalue weighted by molar-refractivity contribution is 0.655. The van der Waals surface area contributed by atoms with Gasteiger partial charge in [0.15, 0.2) is 0 Å². The summed E-state index contributed by atoms with van der Waals surface area (Å²) in [7, 11) is 0. The van der Waals surface area contributed by atoms with Crippen LogP contribution in [0.3, 0.4) is 0 Å². The van der Waals surface area contributed by atoms with Crippen LogP contribution in [0.2, 0.25) is 0 Å². The molecule has 0 N–H and O–H groups in total. The Kier molecular flexibility index (Phi) is 7.69. The summed E-state index contributed by atoms with van der Waals surface area (Å²) in [6.45, 7) is 0. The summed E-state index contributed by atoms with van der Waals surface area (Å²) < 4.78 is 6.34. The molecule has 0 radical (unpaired) electrons. The van der Waals surface area contributed by atoms with E-state index in [9.17, 15) is 0 Å². The summed E-state index contributed by atoms with van der Waals surface area (Å²) in [5.41, 5.74) is 12.9. The lowest BCUT2D eigenvalue weighted by Crippen LogP contribution is -1.88. The topological polar surface area (TPSA) is 38.9 Å². The zero-order valence-corrected chi connectivity index (χ0v) is 35.1. The fourth-order valence-electron chi connectivity index (χ4n) is 10.5. The first-order chi connectivity index (χ1) is 32.2. The number of hydrogen-bond acceptors (Lipinski definition) is 3. The van der Waals surface area contributed by atoms with E-state index in [1.54, 1.807) is 0 Å². The largest absolute Gasteiger partial charge is 0.436 e. The maximum absolute atomic E-state index is 6.34. The maximum atomic E-state index is 6.34. The van der Waals surface area contributed by atoms with Crippen LogP contribution in [0.4, 0.5) is 0 Å². The summed E-state index contributed by atoms with van der Waals surface area (Å²) in [6.07, 6.45) is 0. The second kappa shape index (κ2) is 13.9. The molecule has 0 saturated carbocycles. The Morgan fingerprint density at radius 1 is 0.231 bits per heavy atom. The van der Waals surface area contributed by atoms with Crippen LogP contribution in [0.1, 0.15) is 0 Å². The number of furan rings is 1. The Balaban J connectivity index is 0.829. The molecule has 300 valence electrons. The molecule has 0 atom stereocenters. The van der Waals surface area contributed by atoms with Gasteiger partial charge in [-0.2, -0.15) is 0 Å². The van der Waals surface area contributed by atoms with E-state index in [1.165, 1.54) is 86.9 Å². The van der Waals surface area contributed by atoms with Crippen molar-refractivity contribution in [1.29, 1.82) is 0 Å². The van der Waals surface area contributed by atoms with Crippen molar-refractivity contribution in [3.63, 3.8) is 0 Å².